The molecule has 3 saturated heterocycles. The van der Waals surface area contributed by atoms with Crippen molar-refractivity contribution < 1.29 is 18.8 Å². The predicted octanol–water partition coefficient (Wildman–Crippen LogP) is 0.546. The van der Waals surface area contributed by atoms with Crippen LogP contribution in [0.5, 0.6) is 0 Å². The van der Waals surface area contributed by atoms with Gasteiger partial charge in [-0.3, -0.25) is 19.4 Å². The molecule has 1 aromatic rings. The smallest absolute Gasteiger partial charge is 0.337 e. The summed E-state index contributed by atoms with van der Waals surface area (Å²) in [6.07, 6.45) is 1.72. The van der Waals surface area contributed by atoms with E-state index in [1.54, 1.807) is 40.0 Å². The molecule has 146 valence electrons. The lowest BCUT2D eigenvalue weighted by Crippen LogP contribution is -2.65. The van der Waals surface area contributed by atoms with Crippen LogP contribution in [-0.4, -0.2) is 68.6 Å². The second-order valence-electron chi connectivity index (χ2n) is 7.19. The number of amides is 4. The molecule has 1 aromatic heterocycles. The Morgan fingerprint density at radius 3 is 2.96 bits per heavy atom. The van der Waals surface area contributed by atoms with E-state index < -0.39 is 6.29 Å². The third kappa shape index (κ3) is 3.27. The molecule has 3 aliphatic rings. The van der Waals surface area contributed by atoms with Gasteiger partial charge in [-0.1, -0.05) is 0 Å². The lowest BCUT2D eigenvalue weighted by atomic mass is 10.1. The van der Waals surface area contributed by atoms with Gasteiger partial charge in [0.25, 0.3) is 0 Å². The van der Waals surface area contributed by atoms with E-state index in [-0.39, 0.29) is 48.3 Å². The van der Waals surface area contributed by atoms with Gasteiger partial charge < -0.3 is 9.73 Å². The third-order valence-corrected chi connectivity index (χ3v) is 6.23. The Hall–Kier alpha value is -2.20. The van der Waals surface area contributed by atoms with E-state index in [1.165, 1.54) is 5.01 Å². The van der Waals surface area contributed by atoms with Gasteiger partial charge in [0.2, 0.25) is 11.8 Å². The second-order valence-corrected chi connectivity index (χ2v) is 8.44. The summed E-state index contributed by atoms with van der Waals surface area (Å²) in [6.45, 7) is 3.90. The van der Waals surface area contributed by atoms with E-state index in [9.17, 15) is 14.4 Å². The molecular weight excluding hydrogens is 370 g/mol. The van der Waals surface area contributed by atoms with E-state index in [2.05, 4.69) is 10.7 Å². The highest BCUT2D eigenvalue weighted by atomic mass is 32.2. The van der Waals surface area contributed by atoms with Crippen molar-refractivity contribution in [1.82, 2.24) is 25.6 Å². The zero-order chi connectivity index (χ0) is 19.1. The van der Waals surface area contributed by atoms with Crippen LogP contribution in [0, 0.1) is 0 Å². The van der Waals surface area contributed by atoms with Crippen LogP contribution in [-0.2, 0) is 16.1 Å². The van der Waals surface area contributed by atoms with Crippen LogP contribution in [0.25, 0.3) is 0 Å². The number of thioether (sulfide) groups is 1. The summed E-state index contributed by atoms with van der Waals surface area (Å²) in [6, 6.07) is 3.14. The number of hydrazine groups is 1. The predicted molar refractivity (Wildman–Crippen MR) is 98.1 cm³/mol. The molecule has 3 unspecified atom stereocenters. The Morgan fingerprint density at radius 2 is 2.26 bits per heavy atom. The number of nitrogens with one attached hydrogen (secondary N) is 2. The van der Waals surface area contributed by atoms with Crippen molar-refractivity contribution in [3.05, 3.63) is 24.2 Å². The summed E-state index contributed by atoms with van der Waals surface area (Å²) in [5, 5.41) is 3.81. The number of hydrogen-bond acceptors (Lipinski definition) is 6. The molecule has 0 radical (unpaired) electrons. The van der Waals surface area contributed by atoms with E-state index in [4.69, 9.17) is 4.42 Å². The fourth-order valence-electron chi connectivity index (χ4n) is 3.79. The molecule has 0 saturated carbocycles. The maximum atomic E-state index is 13.0. The normalized spacial score (nSPS) is 27.4. The van der Waals surface area contributed by atoms with Gasteiger partial charge in [-0.15, -0.1) is 11.8 Å². The molecule has 3 atom stereocenters. The number of urea groups is 1. The number of nitrogens with zero attached hydrogens (tertiary/aromatic N) is 3. The van der Waals surface area contributed by atoms with Crippen molar-refractivity contribution in [3.8, 4) is 0 Å². The first-order valence-electron chi connectivity index (χ1n) is 9.05. The highest BCUT2D eigenvalue weighted by Gasteiger charge is 2.56. The van der Waals surface area contributed by atoms with E-state index >= 15 is 0 Å². The molecule has 0 aliphatic carbocycles. The second kappa shape index (κ2) is 7.08. The molecule has 9 nitrogen and oxygen atoms in total. The van der Waals surface area contributed by atoms with Gasteiger partial charge in [0.05, 0.1) is 18.8 Å². The Balaban J connectivity index is 1.57. The van der Waals surface area contributed by atoms with Crippen LogP contribution < -0.4 is 10.7 Å². The summed E-state index contributed by atoms with van der Waals surface area (Å²) in [5.74, 6) is 1.23. The van der Waals surface area contributed by atoms with Gasteiger partial charge in [0.15, 0.2) is 6.29 Å². The minimum absolute atomic E-state index is 0.00562. The number of rotatable bonds is 5. The minimum atomic E-state index is -0.609. The Bertz CT molecular complexity index is 740. The third-order valence-electron chi connectivity index (χ3n) is 4.88. The standard InChI is InChI=1S/C17H23N5O4S/c1-10(2)18-13(23)9-21-17(25)22-12-5-7-27-14(12)15(24)20(16(22)19-21)8-11-4-3-6-26-11/h3-4,6,10,12,14,16,19H,5,7-9H2,1-2H3,(H,18,23). The number of hydrogen-bond donors (Lipinski definition) is 2. The van der Waals surface area contributed by atoms with Crippen LogP contribution in [0.15, 0.2) is 22.8 Å². The number of carbonyl (C=O) groups excluding carboxylic acids is 3. The fourth-order valence-corrected chi connectivity index (χ4v) is 5.19. The summed E-state index contributed by atoms with van der Waals surface area (Å²) in [5.41, 5.74) is 3.06. The highest BCUT2D eigenvalue weighted by Crippen LogP contribution is 2.39. The lowest BCUT2D eigenvalue weighted by molar-refractivity contribution is -0.145. The van der Waals surface area contributed by atoms with Crippen molar-refractivity contribution in [2.75, 3.05) is 12.3 Å². The van der Waals surface area contributed by atoms with Gasteiger partial charge in [-0.25, -0.2) is 9.80 Å². The topological polar surface area (TPSA) is 98.1 Å². The Kier molecular flexibility index (Phi) is 4.77. The fraction of sp³-hybridized carbons (Fsp3) is 0.588. The Labute approximate surface area is 161 Å². The molecule has 0 spiro atoms. The first kappa shape index (κ1) is 18.2. The first-order chi connectivity index (χ1) is 13.0. The number of furan rings is 1. The van der Waals surface area contributed by atoms with Crippen LogP contribution in [0.4, 0.5) is 4.79 Å². The summed E-state index contributed by atoms with van der Waals surface area (Å²) >= 11 is 1.58. The first-order valence-corrected chi connectivity index (χ1v) is 10.1. The lowest BCUT2D eigenvalue weighted by Gasteiger charge is -2.43. The highest BCUT2D eigenvalue weighted by molar-refractivity contribution is 8.00. The zero-order valence-corrected chi connectivity index (χ0v) is 16.1. The van der Waals surface area contributed by atoms with E-state index in [0.29, 0.717) is 5.76 Å². The molecular formula is C17H23N5O4S. The van der Waals surface area contributed by atoms with Gasteiger partial charge in [-0.05, 0) is 38.2 Å². The van der Waals surface area contributed by atoms with Crippen molar-refractivity contribution in [1.29, 1.82) is 0 Å². The van der Waals surface area contributed by atoms with Crippen LogP contribution in [0.1, 0.15) is 26.0 Å². The van der Waals surface area contributed by atoms with Gasteiger partial charge in [0.1, 0.15) is 17.6 Å². The molecule has 3 aliphatic heterocycles. The van der Waals surface area contributed by atoms with Crippen molar-refractivity contribution >= 4 is 29.6 Å². The molecule has 0 bridgehead atoms. The van der Waals surface area contributed by atoms with Crippen LogP contribution in [0.2, 0.25) is 0 Å². The van der Waals surface area contributed by atoms with Gasteiger partial charge >= 0.3 is 6.03 Å². The maximum absolute atomic E-state index is 13.0. The molecule has 3 fully saturated rings. The molecule has 27 heavy (non-hydrogen) atoms. The average molecular weight is 393 g/mol. The quantitative estimate of drug-likeness (QED) is 0.758. The molecule has 2 N–H and O–H groups in total. The van der Waals surface area contributed by atoms with Crippen molar-refractivity contribution in [2.24, 2.45) is 0 Å². The van der Waals surface area contributed by atoms with Crippen LogP contribution in [0.3, 0.4) is 0 Å². The SMILES string of the molecule is CC(C)NC(=O)CN1NC2N(Cc3ccco3)C(=O)C3SCCC3N2C1=O. The summed E-state index contributed by atoms with van der Waals surface area (Å²) in [7, 11) is 0. The van der Waals surface area contributed by atoms with E-state index in [1.807, 2.05) is 13.8 Å². The zero-order valence-electron chi connectivity index (χ0n) is 15.3. The Morgan fingerprint density at radius 1 is 1.44 bits per heavy atom. The van der Waals surface area contributed by atoms with Crippen molar-refractivity contribution in [3.63, 3.8) is 0 Å². The van der Waals surface area contributed by atoms with Crippen LogP contribution >= 0.6 is 11.8 Å². The molecule has 10 heteroatoms. The molecule has 4 rings (SSSR count). The summed E-state index contributed by atoms with van der Waals surface area (Å²) in [4.78, 5) is 41.5. The van der Waals surface area contributed by atoms with Gasteiger partial charge in [0, 0.05) is 6.04 Å². The molecule has 0 aromatic carbocycles. The minimum Gasteiger partial charge on any atom is -0.467 e. The van der Waals surface area contributed by atoms with Gasteiger partial charge in [-0.2, -0.15) is 5.43 Å². The van der Waals surface area contributed by atoms with E-state index in [0.717, 1.165) is 12.2 Å². The maximum Gasteiger partial charge on any atom is 0.337 e. The summed E-state index contributed by atoms with van der Waals surface area (Å²) < 4.78 is 5.40. The number of fused-ring (bicyclic) bond motifs is 3. The van der Waals surface area contributed by atoms with Crippen molar-refractivity contribution in [2.45, 2.75) is 50.4 Å². The largest absolute Gasteiger partial charge is 0.467 e. The monoisotopic (exact) mass is 393 g/mol. The molecule has 4 heterocycles. The average Bonchev–Trinajstić information content (AvgIpc) is 3.32. The molecule has 4 amide bonds. The number of carbonyl (C=O) groups is 3.